The van der Waals surface area contributed by atoms with Crippen molar-refractivity contribution < 1.29 is 0 Å². The molecule has 17 heavy (non-hydrogen) atoms. The zero-order valence-corrected chi connectivity index (χ0v) is 9.93. The van der Waals surface area contributed by atoms with Gasteiger partial charge in [0, 0.05) is 0 Å². The van der Waals surface area contributed by atoms with Gasteiger partial charge in [-0.2, -0.15) is 5.10 Å². The van der Waals surface area contributed by atoms with Crippen molar-refractivity contribution in [2.24, 2.45) is 5.10 Å². The second kappa shape index (κ2) is 4.22. The summed E-state index contributed by atoms with van der Waals surface area (Å²) < 4.78 is 0. The van der Waals surface area contributed by atoms with E-state index in [-0.39, 0.29) is 0 Å². The summed E-state index contributed by atoms with van der Waals surface area (Å²) in [4.78, 5) is 0. The van der Waals surface area contributed by atoms with Crippen LogP contribution in [-0.2, 0) is 6.54 Å². The normalized spacial score (nSPS) is 13.6. The number of halogens is 1. The summed E-state index contributed by atoms with van der Waals surface area (Å²) in [7, 11) is 0. The number of para-hydroxylation sites is 1. The molecule has 2 aromatic rings. The monoisotopic (exact) mass is 242 g/mol. The first-order valence-corrected chi connectivity index (χ1v) is 5.86. The number of nitrogens with zero attached hydrogens (tertiary/aromatic N) is 2. The first kappa shape index (κ1) is 10.4. The zero-order valence-electron chi connectivity index (χ0n) is 9.18. The van der Waals surface area contributed by atoms with E-state index in [4.69, 9.17) is 11.6 Å². The molecule has 0 radical (unpaired) electrons. The van der Waals surface area contributed by atoms with Gasteiger partial charge in [-0.1, -0.05) is 48.0 Å². The molecule has 0 unspecified atom stereocenters. The third-order valence-corrected chi connectivity index (χ3v) is 3.16. The number of benzene rings is 2. The summed E-state index contributed by atoms with van der Waals surface area (Å²) in [6.07, 6.45) is 1.88. The Labute approximate surface area is 105 Å². The zero-order chi connectivity index (χ0) is 11.7. The summed E-state index contributed by atoms with van der Waals surface area (Å²) in [6.45, 7) is 0.760. The molecule has 0 spiro atoms. The van der Waals surface area contributed by atoms with Gasteiger partial charge in [0.2, 0.25) is 0 Å². The van der Waals surface area contributed by atoms with E-state index in [1.807, 2.05) is 47.6 Å². The smallest absolute Gasteiger partial charge is 0.0784 e. The van der Waals surface area contributed by atoms with Crippen LogP contribution in [0.5, 0.6) is 0 Å². The van der Waals surface area contributed by atoms with Crippen LogP contribution in [0.15, 0.2) is 53.6 Å². The first-order chi connectivity index (χ1) is 8.34. The molecule has 1 aliphatic heterocycles. The van der Waals surface area contributed by atoms with Crippen molar-refractivity contribution in [2.75, 3.05) is 5.01 Å². The van der Waals surface area contributed by atoms with E-state index in [1.54, 1.807) is 0 Å². The summed E-state index contributed by atoms with van der Waals surface area (Å²) >= 11 is 6.17. The largest absolute Gasteiger partial charge is 0.260 e. The van der Waals surface area contributed by atoms with Crippen molar-refractivity contribution in [2.45, 2.75) is 6.54 Å². The molecular weight excluding hydrogens is 232 g/mol. The van der Waals surface area contributed by atoms with Crippen LogP contribution in [0.1, 0.15) is 11.1 Å². The molecular formula is C14H11ClN2. The Bertz CT molecular complexity index is 578. The highest BCUT2D eigenvalue weighted by Gasteiger charge is 2.14. The molecule has 1 aliphatic rings. The fourth-order valence-electron chi connectivity index (χ4n) is 1.95. The van der Waals surface area contributed by atoms with E-state index in [0.717, 1.165) is 17.3 Å². The molecule has 3 heteroatoms. The number of hydrazone groups is 1. The lowest BCUT2D eigenvalue weighted by atomic mass is 10.1. The Morgan fingerprint density at radius 2 is 1.76 bits per heavy atom. The van der Waals surface area contributed by atoms with Crippen molar-refractivity contribution in [1.82, 2.24) is 0 Å². The molecule has 0 bridgehead atoms. The molecule has 0 atom stereocenters. The molecule has 0 aliphatic carbocycles. The molecule has 84 valence electrons. The molecule has 2 aromatic carbocycles. The quantitative estimate of drug-likeness (QED) is 0.745. The maximum Gasteiger partial charge on any atom is 0.0784 e. The molecule has 0 fully saturated rings. The lowest BCUT2D eigenvalue weighted by molar-refractivity contribution is 0.843. The lowest BCUT2D eigenvalue weighted by Gasteiger charge is -2.24. The average molecular weight is 243 g/mol. The number of hydrogen-bond acceptors (Lipinski definition) is 2. The molecule has 2 nitrogen and oxygen atoms in total. The van der Waals surface area contributed by atoms with Crippen LogP contribution >= 0.6 is 11.6 Å². The summed E-state index contributed by atoms with van der Waals surface area (Å²) in [5, 5.41) is 7.07. The molecule has 0 saturated carbocycles. The molecule has 0 amide bonds. The van der Waals surface area contributed by atoms with Gasteiger partial charge in [0.1, 0.15) is 0 Å². The Morgan fingerprint density at radius 1 is 1.00 bits per heavy atom. The predicted octanol–water partition coefficient (Wildman–Crippen LogP) is 3.69. The molecule has 0 saturated heterocycles. The lowest BCUT2D eigenvalue weighted by Crippen LogP contribution is -2.21. The van der Waals surface area contributed by atoms with Crippen LogP contribution < -0.4 is 5.01 Å². The average Bonchev–Trinajstić information content (AvgIpc) is 2.39. The van der Waals surface area contributed by atoms with Crippen molar-refractivity contribution >= 4 is 23.5 Å². The minimum absolute atomic E-state index is 0.726. The van der Waals surface area contributed by atoms with E-state index in [1.165, 1.54) is 11.1 Å². The van der Waals surface area contributed by atoms with Crippen molar-refractivity contribution in [3.63, 3.8) is 0 Å². The third-order valence-electron chi connectivity index (χ3n) is 2.84. The Balaban J connectivity index is 1.98. The Morgan fingerprint density at radius 3 is 2.65 bits per heavy atom. The van der Waals surface area contributed by atoms with Crippen LogP contribution in [0.3, 0.4) is 0 Å². The summed E-state index contributed by atoms with van der Waals surface area (Å²) in [6, 6.07) is 16.0. The summed E-state index contributed by atoms with van der Waals surface area (Å²) in [5.74, 6) is 0. The molecule has 3 rings (SSSR count). The van der Waals surface area contributed by atoms with Crippen LogP contribution in [0.2, 0.25) is 5.02 Å². The van der Waals surface area contributed by atoms with Crippen LogP contribution in [-0.4, -0.2) is 6.21 Å². The molecule has 0 N–H and O–H groups in total. The van der Waals surface area contributed by atoms with Gasteiger partial charge in [-0.3, -0.25) is 5.01 Å². The number of rotatable bonds is 1. The van der Waals surface area contributed by atoms with E-state index in [2.05, 4.69) is 17.2 Å². The van der Waals surface area contributed by atoms with E-state index in [9.17, 15) is 0 Å². The van der Waals surface area contributed by atoms with Gasteiger partial charge in [0.15, 0.2) is 0 Å². The van der Waals surface area contributed by atoms with Gasteiger partial charge >= 0.3 is 0 Å². The minimum atomic E-state index is 0.726. The van der Waals surface area contributed by atoms with Gasteiger partial charge in [-0.05, 0) is 23.3 Å². The fourth-order valence-corrected chi connectivity index (χ4v) is 2.18. The maximum absolute atomic E-state index is 6.17. The van der Waals surface area contributed by atoms with E-state index < -0.39 is 0 Å². The van der Waals surface area contributed by atoms with Crippen molar-refractivity contribution in [1.29, 1.82) is 0 Å². The van der Waals surface area contributed by atoms with Crippen molar-refractivity contribution in [3.8, 4) is 0 Å². The van der Waals surface area contributed by atoms with Gasteiger partial charge in [0.25, 0.3) is 0 Å². The summed E-state index contributed by atoms with van der Waals surface area (Å²) in [5.41, 5.74) is 3.39. The Hall–Kier alpha value is -1.80. The fraction of sp³-hybridized carbons (Fsp3) is 0.0714. The van der Waals surface area contributed by atoms with Gasteiger partial charge in [-0.25, -0.2) is 0 Å². The van der Waals surface area contributed by atoms with Gasteiger partial charge < -0.3 is 0 Å². The van der Waals surface area contributed by atoms with Gasteiger partial charge in [0.05, 0.1) is 23.5 Å². The SMILES string of the molecule is Clc1ccccc1N1Cc2ccccc2C=N1. The minimum Gasteiger partial charge on any atom is -0.260 e. The van der Waals surface area contributed by atoms with Crippen LogP contribution in [0.4, 0.5) is 5.69 Å². The van der Waals surface area contributed by atoms with Crippen LogP contribution in [0, 0.1) is 0 Å². The second-order valence-corrected chi connectivity index (χ2v) is 4.36. The highest BCUT2D eigenvalue weighted by Crippen LogP contribution is 2.28. The van der Waals surface area contributed by atoms with Crippen molar-refractivity contribution in [3.05, 3.63) is 64.7 Å². The molecule has 1 heterocycles. The number of hydrogen-bond donors (Lipinski definition) is 0. The highest BCUT2D eigenvalue weighted by molar-refractivity contribution is 6.33. The van der Waals surface area contributed by atoms with E-state index in [0.29, 0.717) is 0 Å². The first-order valence-electron chi connectivity index (χ1n) is 5.48. The van der Waals surface area contributed by atoms with Crippen LogP contribution in [0.25, 0.3) is 0 Å². The third kappa shape index (κ3) is 1.92. The Kier molecular flexibility index (Phi) is 2.57. The topological polar surface area (TPSA) is 15.6 Å². The van der Waals surface area contributed by atoms with E-state index >= 15 is 0 Å². The number of anilines is 1. The van der Waals surface area contributed by atoms with Gasteiger partial charge in [-0.15, -0.1) is 0 Å². The second-order valence-electron chi connectivity index (χ2n) is 3.95. The molecule has 0 aromatic heterocycles. The standard InChI is InChI=1S/C14H11ClN2/c15-13-7-3-4-8-14(13)17-10-12-6-2-1-5-11(12)9-16-17/h1-9H,10H2. The number of fused-ring (bicyclic) bond motifs is 1. The maximum atomic E-state index is 6.17. The highest BCUT2D eigenvalue weighted by atomic mass is 35.5. The predicted molar refractivity (Wildman–Crippen MR) is 71.7 cm³/mol.